The molecule has 5 heteroatoms. The lowest BCUT2D eigenvalue weighted by Crippen LogP contribution is -2.54. The molecule has 3 N–H and O–H groups in total. The van der Waals surface area contributed by atoms with Gasteiger partial charge in [-0.2, -0.15) is 0 Å². The van der Waals surface area contributed by atoms with Crippen molar-refractivity contribution in [3.8, 4) is 0 Å². The van der Waals surface area contributed by atoms with Crippen LogP contribution < -0.4 is 16.6 Å². The van der Waals surface area contributed by atoms with E-state index in [1.807, 2.05) is 0 Å². The van der Waals surface area contributed by atoms with Gasteiger partial charge < -0.3 is 15.6 Å². The average molecular weight is 289 g/mol. The summed E-state index contributed by atoms with van der Waals surface area (Å²) in [4.78, 5) is 24.5. The lowest BCUT2D eigenvalue weighted by Gasteiger charge is -2.45. The lowest BCUT2D eigenvalue weighted by molar-refractivity contribution is 0.0754. The molecule has 114 valence electrons. The van der Waals surface area contributed by atoms with Crippen LogP contribution >= 0.6 is 0 Å². The third-order valence-electron chi connectivity index (χ3n) is 5.04. The second kappa shape index (κ2) is 5.64. The van der Waals surface area contributed by atoms with Gasteiger partial charge in [0.2, 0.25) is 0 Å². The smallest absolute Gasteiger partial charge is 0.263 e. The minimum absolute atomic E-state index is 0.177. The number of amides is 1. The number of fused-ring (bicyclic) bond motifs is 2. The summed E-state index contributed by atoms with van der Waals surface area (Å²) in [5.74, 6) is 0.682. The van der Waals surface area contributed by atoms with Crippen LogP contribution in [0, 0.1) is 11.8 Å². The highest BCUT2D eigenvalue weighted by atomic mass is 16.2. The number of nitrogens with one attached hydrogen (secondary N) is 1. The van der Waals surface area contributed by atoms with E-state index in [-0.39, 0.29) is 29.1 Å². The topological polar surface area (TPSA) is 77.1 Å². The van der Waals surface area contributed by atoms with Gasteiger partial charge in [0, 0.05) is 25.3 Å². The van der Waals surface area contributed by atoms with E-state index in [2.05, 4.69) is 5.32 Å². The maximum Gasteiger partial charge on any atom is 0.263 e. The zero-order valence-corrected chi connectivity index (χ0v) is 12.4. The second-order valence-electron chi connectivity index (χ2n) is 6.52. The van der Waals surface area contributed by atoms with Crippen LogP contribution in [0.5, 0.6) is 0 Å². The van der Waals surface area contributed by atoms with Crippen LogP contribution in [0.3, 0.4) is 0 Å². The highest BCUT2D eigenvalue weighted by molar-refractivity contribution is 5.94. The van der Waals surface area contributed by atoms with Gasteiger partial charge in [0.1, 0.15) is 5.56 Å². The minimum Gasteiger partial charge on any atom is -0.349 e. The van der Waals surface area contributed by atoms with Crippen molar-refractivity contribution in [3.63, 3.8) is 0 Å². The quantitative estimate of drug-likeness (QED) is 0.853. The Morgan fingerprint density at radius 3 is 2.67 bits per heavy atom. The summed E-state index contributed by atoms with van der Waals surface area (Å²) in [6.45, 7) is 0. The molecule has 0 radical (unpaired) electrons. The monoisotopic (exact) mass is 289 g/mol. The molecule has 2 atom stereocenters. The SMILES string of the molecule is Cn1cccc(C(=O)NC2C3CCCC2CC(N)C3)c1=O. The Kier molecular flexibility index (Phi) is 3.85. The molecule has 2 aliphatic carbocycles. The van der Waals surface area contributed by atoms with Crippen LogP contribution in [-0.4, -0.2) is 22.6 Å². The van der Waals surface area contributed by atoms with E-state index >= 15 is 0 Å². The van der Waals surface area contributed by atoms with Crippen LogP contribution in [0.25, 0.3) is 0 Å². The Morgan fingerprint density at radius 2 is 2.00 bits per heavy atom. The highest BCUT2D eigenvalue weighted by Crippen LogP contribution is 2.39. The lowest BCUT2D eigenvalue weighted by atomic mass is 9.67. The van der Waals surface area contributed by atoms with Crippen molar-refractivity contribution in [2.24, 2.45) is 24.6 Å². The van der Waals surface area contributed by atoms with Crippen molar-refractivity contribution in [1.29, 1.82) is 0 Å². The van der Waals surface area contributed by atoms with Crippen molar-refractivity contribution < 1.29 is 4.79 Å². The molecule has 1 aromatic heterocycles. The Bertz CT molecular complexity index is 581. The van der Waals surface area contributed by atoms with Crippen molar-refractivity contribution in [1.82, 2.24) is 9.88 Å². The van der Waals surface area contributed by atoms with Gasteiger partial charge in [-0.15, -0.1) is 0 Å². The van der Waals surface area contributed by atoms with Crippen molar-refractivity contribution >= 4 is 5.91 Å². The molecule has 2 saturated carbocycles. The first-order valence-corrected chi connectivity index (χ1v) is 7.78. The molecule has 2 bridgehead atoms. The Labute approximate surface area is 124 Å². The van der Waals surface area contributed by atoms with Crippen LogP contribution in [0.1, 0.15) is 42.5 Å². The molecule has 0 saturated heterocycles. The summed E-state index contributed by atoms with van der Waals surface area (Å²) in [6, 6.07) is 3.77. The molecule has 0 spiro atoms. The number of hydrogen-bond donors (Lipinski definition) is 2. The van der Waals surface area contributed by atoms with Crippen molar-refractivity contribution in [2.45, 2.75) is 44.2 Å². The third-order valence-corrected chi connectivity index (χ3v) is 5.04. The Hall–Kier alpha value is -1.62. The molecule has 2 fully saturated rings. The largest absolute Gasteiger partial charge is 0.349 e. The van der Waals surface area contributed by atoms with E-state index in [0.717, 1.165) is 25.7 Å². The molecule has 5 nitrogen and oxygen atoms in total. The molecule has 0 aliphatic heterocycles. The first-order valence-electron chi connectivity index (χ1n) is 7.78. The highest BCUT2D eigenvalue weighted by Gasteiger charge is 2.40. The second-order valence-corrected chi connectivity index (χ2v) is 6.52. The predicted molar refractivity (Wildman–Crippen MR) is 81.0 cm³/mol. The first kappa shape index (κ1) is 14.3. The van der Waals surface area contributed by atoms with Gasteiger partial charge in [-0.25, -0.2) is 0 Å². The summed E-state index contributed by atoms with van der Waals surface area (Å²) in [5.41, 5.74) is 6.09. The van der Waals surface area contributed by atoms with Gasteiger partial charge >= 0.3 is 0 Å². The molecular formula is C16H23N3O2. The average Bonchev–Trinajstić information content (AvgIpc) is 2.42. The van der Waals surface area contributed by atoms with E-state index in [4.69, 9.17) is 5.73 Å². The molecule has 1 aromatic rings. The summed E-state index contributed by atoms with van der Waals surface area (Å²) in [6.07, 6.45) is 7.10. The van der Waals surface area contributed by atoms with Crippen LogP contribution in [0.15, 0.2) is 23.1 Å². The third kappa shape index (κ3) is 2.75. The van der Waals surface area contributed by atoms with Crippen molar-refractivity contribution in [3.05, 3.63) is 34.2 Å². The van der Waals surface area contributed by atoms with E-state index in [1.165, 1.54) is 11.0 Å². The zero-order valence-electron chi connectivity index (χ0n) is 12.4. The molecule has 3 rings (SSSR count). The molecule has 2 unspecified atom stereocenters. The number of nitrogens with two attached hydrogens (primary N) is 1. The first-order chi connectivity index (χ1) is 10.1. The van der Waals surface area contributed by atoms with Gasteiger partial charge in [0.15, 0.2) is 0 Å². The normalized spacial score (nSPS) is 31.7. The zero-order chi connectivity index (χ0) is 15.0. The molecule has 21 heavy (non-hydrogen) atoms. The van der Waals surface area contributed by atoms with E-state index in [0.29, 0.717) is 11.8 Å². The van der Waals surface area contributed by atoms with Gasteiger partial charge in [-0.1, -0.05) is 6.42 Å². The van der Waals surface area contributed by atoms with Gasteiger partial charge in [0.25, 0.3) is 11.5 Å². The van der Waals surface area contributed by atoms with Crippen LogP contribution in [0.4, 0.5) is 0 Å². The fourth-order valence-electron chi connectivity index (χ4n) is 4.02. The number of carbonyl (C=O) groups is 1. The number of rotatable bonds is 2. The Morgan fingerprint density at radius 1 is 1.33 bits per heavy atom. The summed E-state index contributed by atoms with van der Waals surface area (Å²) >= 11 is 0. The fraction of sp³-hybridized carbons (Fsp3) is 0.625. The Balaban J connectivity index is 1.78. The van der Waals surface area contributed by atoms with Crippen LogP contribution in [-0.2, 0) is 7.05 Å². The maximum absolute atomic E-state index is 12.4. The van der Waals surface area contributed by atoms with E-state index in [9.17, 15) is 9.59 Å². The number of aromatic nitrogens is 1. The molecule has 2 aliphatic rings. The number of carbonyl (C=O) groups excluding carboxylic acids is 1. The number of nitrogens with zero attached hydrogens (tertiary/aromatic N) is 1. The number of aryl methyl sites for hydroxylation is 1. The fourth-order valence-corrected chi connectivity index (χ4v) is 4.02. The molecule has 1 amide bonds. The number of hydrogen-bond acceptors (Lipinski definition) is 3. The maximum atomic E-state index is 12.4. The molecule has 0 aromatic carbocycles. The van der Waals surface area contributed by atoms with Gasteiger partial charge in [0.05, 0.1) is 0 Å². The predicted octanol–water partition coefficient (Wildman–Crippen LogP) is 1.02. The summed E-state index contributed by atoms with van der Waals surface area (Å²) in [5, 5.41) is 3.12. The van der Waals surface area contributed by atoms with E-state index in [1.54, 1.807) is 25.4 Å². The summed E-state index contributed by atoms with van der Waals surface area (Å²) in [7, 11) is 1.66. The van der Waals surface area contributed by atoms with Gasteiger partial charge in [-0.05, 0) is 49.7 Å². The standard InChI is InChI=1S/C16H23N3O2/c1-19-7-3-6-13(16(19)21)15(20)18-14-10-4-2-5-11(14)9-12(17)8-10/h3,6-7,10-12,14H,2,4-5,8-9,17H2,1H3,(H,18,20). The molecular weight excluding hydrogens is 266 g/mol. The van der Waals surface area contributed by atoms with E-state index < -0.39 is 0 Å². The van der Waals surface area contributed by atoms with Gasteiger partial charge in [-0.3, -0.25) is 9.59 Å². The minimum atomic E-state index is -0.243. The number of pyridine rings is 1. The van der Waals surface area contributed by atoms with Crippen molar-refractivity contribution in [2.75, 3.05) is 0 Å². The van der Waals surface area contributed by atoms with Crippen LogP contribution in [0.2, 0.25) is 0 Å². The molecule has 1 heterocycles. The summed E-state index contributed by atoms with van der Waals surface area (Å²) < 4.78 is 1.44.